The van der Waals surface area contributed by atoms with Gasteiger partial charge in [-0.25, -0.2) is 4.98 Å². The largest absolute Gasteiger partial charge is 0.385 e. The van der Waals surface area contributed by atoms with Crippen molar-refractivity contribution in [2.45, 2.75) is 12.8 Å². The van der Waals surface area contributed by atoms with Gasteiger partial charge in [-0.1, -0.05) is 0 Å². The maximum atomic E-state index is 4.17. The van der Waals surface area contributed by atoms with Crippen LogP contribution in [-0.4, -0.2) is 11.5 Å². The van der Waals surface area contributed by atoms with Crippen LogP contribution < -0.4 is 5.32 Å². The number of pyridine rings is 1. The molecule has 0 aromatic carbocycles. The topological polar surface area (TPSA) is 24.9 Å². The number of fused-ring (bicyclic) bond motifs is 1. The predicted molar refractivity (Wildman–Crippen MR) is 48.7 cm³/mol. The van der Waals surface area contributed by atoms with Gasteiger partial charge in [0, 0.05) is 24.0 Å². The van der Waals surface area contributed by atoms with E-state index in [2.05, 4.69) is 26.2 Å². The number of aromatic nitrogens is 1. The fraction of sp³-hybridized carbons (Fsp3) is 0.375. The van der Waals surface area contributed by atoms with Gasteiger partial charge in [-0.05, 0) is 34.8 Å². The molecule has 1 aliphatic rings. The highest BCUT2D eigenvalue weighted by Crippen LogP contribution is 2.26. The molecule has 2 heterocycles. The van der Waals surface area contributed by atoms with Crippen LogP contribution in [0.1, 0.15) is 12.0 Å². The normalized spacial score (nSPS) is 15.4. The van der Waals surface area contributed by atoms with Crippen LogP contribution in [0.4, 0.5) is 5.69 Å². The van der Waals surface area contributed by atoms with E-state index in [0.29, 0.717) is 0 Å². The van der Waals surface area contributed by atoms with E-state index in [-0.39, 0.29) is 0 Å². The molecule has 1 aromatic rings. The summed E-state index contributed by atoms with van der Waals surface area (Å²) in [6.07, 6.45) is 4.16. The Kier molecular flexibility index (Phi) is 1.82. The third-order valence-electron chi connectivity index (χ3n) is 1.92. The van der Waals surface area contributed by atoms with Gasteiger partial charge in [-0.3, -0.25) is 0 Å². The van der Waals surface area contributed by atoms with Crippen molar-refractivity contribution in [3.05, 3.63) is 22.4 Å². The van der Waals surface area contributed by atoms with Crippen molar-refractivity contribution in [2.75, 3.05) is 11.9 Å². The van der Waals surface area contributed by atoms with E-state index in [9.17, 15) is 0 Å². The zero-order valence-corrected chi connectivity index (χ0v) is 7.69. The van der Waals surface area contributed by atoms with E-state index >= 15 is 0 Å². The molecule has 0 amide bonds. The molecule has 1 aliphatic heterocycles. The first-order chi connectivity index (χ1) is 5.38. The Morgan fingerprint density at radius 1 is 1.55 bits per heavy atom. The maximum absolute atomic E-state index is 4.17. The fourth-order valence-corrected chi connectivity index (χ4v) is 1.89. The van der Waals surface area contributed by atoms with Gasteiger partial charge < -0.3 is 5.32 Å². The first-order valence-electron chi connectivity index (χ1n) is 3.75. The number of hydrogen-bond acceptors (Lipinski definition) is 2. The molecule has 0 spiro atoms. The van der Waals surface area contributed by atoms with Gasteiger partial charge in [0.1, 0.15) is 4.60 Å². The van der Waals surface area contributed by atoms with Crippen molar-refractivity contribution in [3.63, 3.8) is 0 Å². The summed E-state index contributed by atoms with van der Waals surface area (Å²) in [5.74, 6) is 0. The number of halogens is 1. The van der Waals surface area contributed by atoms with Crippen LogP contribution in [-0.2, 0) is 6.42 Å². The number of hydrogen-bond donors (Lipinski definition) is 1. The minimum Gasteiger partial charge on any atom is -0.385 e. The highest BCUT2D eigenvalue weighted by Gasteiger charge is 2.10. The lowest BCUT2D eigenvalue weighted by molar-refractivity contribution is 0.819. The summed E-state index contributed by atoms with van der Waals surface area (Å²) in [5.41, 5.74) is 2.55. The molecule has 0 atom stereocenters. The summed E-state index contributed by atoms with van der Waals surface area (Å²) in [5, 5.41) is 3.33. The predicted octanol–water partition coefficient (Wildman–Crippen LogP) is 2.20. The van der Waals surface area contributed by atoms with Crippen molar-refractivity contribution in [2.24, 2.45) is 0 Å². The van der Waals surface area contributed by atoms with Crippen LogP contribution in [0.3, 0.4) is 0 Å². The summed E-state index contributed by atoms with van der Waals surface area (Å²) in [4.78, 5) is 4.17. The zero-order chi connectivity index (χ0) is 7.68. The lowest BCUT2D eigenvalue weighted by Gasteiger charge is -2.17. The standard InChI is InChI=1S/C8H9BrN2/c9-8-6-2-1-4-10-7(6)3-5-11-8/h3,5,10H,1-2,4H2. The van der Waals surface area contributed by atoms with E-state index in [1.165, 1.54) is 17.7 Å². The van der Waals surface area contributed by atoms with Crippen LogP contribution in [0.25, 0.3) is 0 Å². The Labute approximate surface area is 74.2 Å². The molecule has 0 unspecified atom stereocenters. The molecule has 58 valence electrons. The molecule has 0 saturated carbocycles. The van der Waals surface area contributed by atoms with Gasteiger partial charge >= 0.3 is 0 Å². The molecular weight excluding hydrogens is 204 g/mol. The van der Waals surface area contributed by atoms with E-state index in [0.717, 1.165) is 17.6 Å². The SMILES string of the molecule is Brc1nccc2c1CCCN2. The second-order valence-corrected chi connectivity index (χ2v) is 3.41. The summed E-state index contributed by atoms with van der Waals surface area (Å²) < 4.78 is 0.988. The summed E-state index contributed by atoms with van der Waals surface area (Å²) >= 11 is 3.43. The molecule has 3 heteroatoms. The Balaban J connectivity index is 2.49. The molecule has 1 aromatic heterocycles. The van der Waals surface area contributed by atoms with E-state index in [4.69, 9.17) is 0 Å². The van der Waals surface area contributed by atoms with Crippen molar-refractivity contribution >= 4 is 21.6 Å². The molecule has 2 rings (SSSR count). The number of nitrogens with one attached hydrogen (secondary N) is 1. The van der Waals surface area contributed by atoms with Crippen LogP contribution >= 0.6 is 15.9 Å². The van der Waals surface area contributed by atoms with Crippen molar-refractivity contribution in [1.29, 1.82) is 0 Å². The Bertz CT molecular complexity index is 273. The molecule has 0 bridgehead atoms. The molecule has 1 N–H and O–H groups in total. The number of rotatable bonds is 0. The van der Waals surface area contributed by atoms with Crippen molar-refractivity contribution < 1.29 is 0 Å². The monoisotopic (exact) mass is 212 g/mol. The first-order valence-corrected chi connectivity index (χ1v) is 4.54. The van der Waals surface area contributed by atoms with Crippen molar-refractivity contribution in [3.8, 4) is 0 Å². The highest BCUT2D eigenvalue weighted by atomic mass is 79.9. The van der Waals surface area contributed by atoms with E-state index in [1.54, 1.807) is 0 Å². The highest BCUT2D eigenvalue weighted by molar-refractivity contribution is 9.10. The van der Waals surface area contributed by atoms with Crippen LogP contribution in [0.5, 0.6) is 0 Å². The van der Waals surface area contributed by atoms with Gasteiger partial charge in [-0.2, -0.15) is 0 Å². The minimum absolute atomic E-state index is 0.988. The lowest BCUT2D eigenvalue weighted by atomic mass is 10.1. The molecule has 0 saturated heterocycles. The fourth-order valence-electron chi connectivity index (χ4n) is 1.36. The van der Waals surface area contributed by atoms with Crippen LogP contribution in [0.2, 0.25) is 0 Å². The summed E-state index contributed by atoms with van der Waals surface area (Å²) in [6, 6.07) is 2.03. The first kappa shape index (κ1) is 7.10. The number of nitrogens with zero attached hydrogens (tertiary/aromatic N) is 1. The maximum Gasteiger partial charge on any atom is 0.111 e. The molecule has 0 fully saturated rings. The average molecular weight is 213 g/mol. The Morgan fingerprint density at radius 2 is 2.45 bits per heavy atom. The lowest BCUT2D eigenvalue weighted by Crippen LogP contribution is -2.12. The van der Waals surface area contributed by atoms with Gasteiger partial charge in [-0.15, -0.1) is 0 Å². The third kappa shape index (κ3) is 1.25. The third-order valence-corrected chi connectivity index (χ3v) is 2.61. The molecule has 0 aliphatic carbocycles. The minimum atomic E-state index is 0.988. The smallest absolute Gasteiger partial charge is 0.111 e. The molecule has 0 radical (unpaired) electrons. The summed E-state index contributed by atoms with van der Waals surface area (Å²) in [7, 11) is 0. The van der Waals surface area contributed by atoms with E-state index in [1.807, 2.05) is 12.3 Å². The molecular formula is C8H9BrN2. The Morgan fingerprint density at radius 3 is 3.27 bits per heavy atom. The van der Waals surface area contributed by atoms with Gasteiger partial charge in [0.25, 0.3) is 0 Å². The van der Waals surface area contributed by atoms with Crippen LogP contribution in [0.15, 0.2) is 16.9 Å². The average Bonchev–Trinajstić information content (AvgIpc) is 2.06. The second-order valence-electron chi connectivity index (χ2n) is 2.66. The van der Waals surface area contributed by atoms with Gasteiger partial charge in [0.15, 0.2) is 0 Å². The van der Waals surface area contributed by atoms with Crippen molar-refractivity contribution in [1.82, 2.24) is 4.98 Å². The number of anilines is 1. The molecule has 2 nitrogen and oxygen atoms in total. The van der Waals surface area contributed by atoms with Crippen LogP contribution in [0, 0.1) is 0 Å². The zero-order valence-electron chi connectivity index (χ0n) is 6.10. The Hall–Kier alpha value is -0.570. The van der Waals surface area contributed by atoms with Gasteiger partial charge in [0.05, 0.1) is 0 Å². The molecule has 11 heavy (non-hydrogen) atoms. The summed E-state index contributed by atoms with van der Waals surface area (Å²) in [6.45, 7) is 1.09. The van der Waals surface area contributed by atoms with E-state index < -0.39 is 0 Å². The second kappa shape index (κ2) is 2.81. The van der Waals surface area contributed by atoms with Gasteiger partial charge in [0.2, 0.25) is 0 Å². The quantitative estimate of drug-likeness (QED) is 0.668.